The van der Waals surface area contributed by atoms with Gasteiger partial charge in [0.2, 0.25) is 0 Å². The second-order valence-corrected chi connectivity index (χ2v) is 3.73. The van der Waals surface area contributed by atoms with E-state index < -0.39 is 0 Å². The molecule has 0 aromatic rings. The molecule has 1 rings (SSSR count). The lowest BCUT2D eigenvalue weighted by Gasteiger charge is -2.28. The zero-order valence-corrected chi connectivity index (χ0v) is 11.2. The summed E-state index contributed by atoms with van der Waals surface area (Å²) in [4.78, 5) is 13.2. The van der Waals surface area contributed by atoms with Gasteiger partial charge in [0.25, 0.3) is 0 Å². The van der Waals surface area contributed by atoms with Crippen LogP contribution in [0.5, 0.6) is 0 Å². The Balaban J connectivity index is 0.00000121. The van der Waals surface area contributed by atoms with Crippen molar-refractivity contribution in [2.45, 2.75) is 33.6 Å². The third kappa shape index (κ3) is 5.95. The summed E-state index contributed by atoms with van der Waals surface area (Å²) in [7, 11) is 0. The van der Waals surface area contributed by atoms with Crippen LogP contribution in [0.15, 0.2) is 36.2 Å². The van der Waals surface area contributed by atoms with Crippen molar-refractivity contribution in [3.05, 3.63) is 36.2 Å². The minimum atomic E-state index is 0.347. The van der Waals surface area contributed by atoms with E-state index in [9.17, 15) is 4.79 Å². The largest absolute Gasteiger partial charge is 0.402 e. The van der Waals surface area contributed by atoms with Crippen molar-refractivity contribution < 1.29 is 4.79 Å². The molecular weight excluding hydrogens is 212 g/mol. The maximum atomic E-state index is 11.1. The summed E-state index contributed by atoms with van der Waals surface area (Å²) >= 11 is 0. The number of hydrogen-bond donors (Lipinski definition) is 1. The van der Waals surface area contributed by atoms with Crippen molar-refractivity contribution in [2.75, 3.05) is 13.1 Å². The monoisotopic (exact) mass is 236 g/mol. The van der Waals surface area contributed by atoms with Gasteiger partial charge in [0.05, 0.1) is 0 Å². The van der Waals surface area contributed by atoms with Gasteiger partial charge < -0.3 is 10.6 Å². The van der Waals surface area contributed by atoms with Crippen LogP contribution in [0, 0.1) is 0 Å². The van der Waals surface area contributed by atoms with Crippen molar-refractivity contribution in [3.8, 4) is 0 Å². The first kappa shape index (κ1) is 15.5. The molecule has 96 valence electrons. The molecule has 3 nitrogen and oxygen atoms in total. The predicted octanol–water partition coefficient (Wildman–Crippen LogP) is 2.61. The number of carbonyl (C=O) groups is 1. The van der Waals surface area contributed by atoms with Crippen molar-refractivity contribution in [1.82, 2.24) is 4.90 Å². The molecule has 0 spiro atoms. The van der Waals surface area contributed by atoms with Gasteiger partial charge in [-0.25, -0.2) is 0 Å². The van der Waals surface area contributed by atoms with Crippen LogP contribution in [0.1, 0.15) is 33.6 Å². The molecule has 0 aromatic heterocycles. The maximum Gasteiger partial charge on any atom is 0.136 e. The second-order valence-electron chi connectivity index (χ2n) is 3.73. The lowest BCUT2D eigenvalue weighted by atomic mass is 10.1. The summed E-state index contributed by atoms with van der Waals surface area (Å²) in [6.07, 6.45) is 6.87. The van der Waals surface area contributed by atoms with Crippen molar-refractivity contribution in [1.29, 1.82) is 0 Å². The molecule has 0 saturated carbocycles. The number of hydrogen-bond acceptors (Lipinski definition) is 3. The van der Waals surface area contributed by atoms with Gasteiger partial charge in [0.1, 0.15) is 5.78 Å². The van der Waals surface area contributed by atoms with Crippen LogP contribution in [0.3, 0.4) is 0 Å². The second kappa shape index (κ2) is 8.62. The Labute approximate surface area is 105 Å². The normalized spacial score (nSPS) is 17.4. The van der Waals surface area contributed by atoms with Crippen LogP contribution in [-0.2, 0) is 4.79 Å². The third-order valence-corrected chi connectivity index (χ3v) is 2.41. The van der Waals surface area contributed by atoms with Gasteiger partial charge in [0, 0.05) is 37.3 Å². The minimum Gasteiger partial charge on any atom is -0.402 e. The molecule has 1 aliphatic rings. The summed E-state index contributed by atoms with van der Waals surface area (Å²) in [5, 5.41) is 0. The van der Waals surface area contributed by atoms with Gasteiger partial charge in [0.15, 0.2) is 0 Å². The molecule has 1 saturated heterocycles. The smallest absolute Gasteiger partial charge is 0.136 e. The summed E-state index contributed by atoms with van der Waals surface area (Å²) in [5.74, 6) is 0.347. The number of Topliss-reactive ketones (excluding diaryl/α,β-unsaturated/α-hetero) is 1. The van der Waals surface area contributed by atoms with E-state index in [4.69, 9.17) is 5.73 Å². The summed E-state index contributed by atoms with van der Waals surface area (Å²) in [6.45, 7) is 11.2. The molecule has 0 amide bonds. The molecule has 2 N–H and O–H groups in total. The summed E-state index contributed by atoms with van der Waals surface area (Å²) in [6, 6.07) is 0. The number of likely N-dealkylation sites (tertiary alicyclic amines) is 1. The average molecular weight is 236 g/mol. The van der Waals surface area contributed by atoms with Crippen molar-refractivity contribution in [2.24, 2.45) is 5.73 Å². The van der Waals surface area contributed by atoms with Gasteiger partial charge in [-0.05, 0) is 25.2 Å². The highest BCUT2D eigenvalue weighted by molar-refractivity contribution is 5.79. The first-order valence-corrected chi connectivity index (χ1v) is 6.16. The minimum absolute atomic E-state index is 0.347. The first-order chi connectivity index (χ1) is 8.13. The fraction of sp³-hybridized carbons (Fsp3) is 0.500. The Morgan fingerprint density at radius 2 is 1.82 bits per heavy atom. The number of ketones is 1. The highest BCUT2D eigenvalue weighted by atomic mass is 16.1. The van der Waals surface area contributed by atoms with Gasteiger partial charge in [-0.15, -0.1) is 0 Å². The molecule has 0 radical (unpaired) electrons. The van der Waals surface area contributed by atoms with Crippen LogP contribution in [-0.4, -0.2) is 23.8 Å². The number of carbonyl (C=O) groups excluding carboxylic acids is 1. The molecule has 17 heavy (non-hydrogen) atoms. The van der Waals surface area contributed by atoms with Gasteiger partial charge >= 0.3 is 0 Å². The van der Waals surface area contributed by atoms with Crippen LogP contribution >= 0.6 is 0 Å². The number of allylic oxidation sites excluding steroid dienone is 4. The van der Waals surface area contributed by atoms with E-state index in [1.807, 2.05) is 32.9 Å². The van der Waals surface area contributed by atoms with Crippen LogP contribution < -0.4 is 5.73 Å². The number of nitrogens with two attached hydrogens (primary N) is 1. The Morgan fingerprint density at radius 3 is 2.24 bits per heavy atom. The maximum absolute atomic E-state index is 11.1. The van der Waals surface area contributed by atoms with E-state index in [0.29, 0.717) is 18.6 Å². The lowest BCUT2D eigenvalue weighted by Crippen LogP contribution is -2.32. The highest BCUT2D eigenvalue weighted by Gasteiger charge is 2.16. The molecule has 0 unspecified atom stereocenters. The van der Waals surface area contributed by atoms with E-state index >= 15 is 0 Å². The zero-order valence-electron chi connectivity index (χ0n) is 11.2. The lowest BCUT2D eigenvalue weighted by molar-refractivity contribution is -0.121. The van der Waals surface area contributed by atoms with Crippen LogP contribution in [0.2, 0.25) is 0 Å². The molecule has 1 fully saturated rings. The quantitative estimate of drug-likeness (QED) is 0.766. The zero-order chi connectivity index (χ0) is 13.3. The fourth-order valence-electron chi connectivity index (χ4n) is 1.53. The van der Waals surface area contributed by atoms with Gasteiger partial charge in [-0.1, -0.05) is 20.4 Å². The third-order valence-electron chi connectivity index (χ3n) is 2.41. The molecule has 0 bridgehead atoms. The summed E-state index contributed by atoms with van der Waals surface area (Å²) in [5.41, 5.74) is 7.36. The van der Waals surface area contributed by atoms with E-state index in [0.717, 1.165) is 24.5 Å². The Bertz CT molecular complexity index is 302. The molecule has 0 aromatic carbocycles. The van der Waals surface area contributed by atoms with Gasteiger partial charge in [-0.2, -0.15) is 0 Å². The molecule has 3 heteroatoms. The molecular formula is C14H24N2O. The Hall–Kier alpha value is -1.51. The van der Waals surface area contributed by atoms with Gasteiger partial charge in [-0.3, -0.25) is 4.79 Å². The molecule has 1 heterocycles. The molecule has 1 aliphatic heterocycles. The van der Waals surface area contributed by atoms with Crippen molar-refractivity contribution in [3.63, 3.8) is 0 Å². The number of piperidine rings is 1. The standard InChI is InChI=1S/C12H18N2O.C2H6/c1-3-11(5-4-10(2)13)14-8-6-12(15)7-9-14;1-2/h3-5H,1,6-9,13H2,2H3;1-2H3/b10-4+,11-5+;. The van der Waals surface area contributed by atoms with E-state index in [2.05, 4.69) is 11.5 Å². The number of rotatable bonds is 3. The fourth-order valence-corrected chi connectivity index (χ4v) is 1.53. The van der Waals surface area contributed by atoms with Crippen LogP contribution in [0.25, 0.3) is 0 Å². The Kier molecular flexibility index (Phi) is 7.85. The van der Waals surface area contributed by atoms with E-state index in [-0.39, 0.29) is 0 Å². The highest BCUT2D eigenvalue weighted by Crippen LogP contribution is 2.13. The predicted molar refractivity (Wildman–Crippen MR) is 73.4 cm³/mol. The SMILES string of the molecule is C=C/C(=C\C=C(/C)N)N1CCC(=O)CC1.CC. The molecule has 0 aliphatic carbocycles. The Morgan fingerprint density at radius 1 is 1.29 bits per heavy atom. The van der Waals surface area contributed by atoms with Crippen molar-refractivity contribution >= 4 is 5.78 Å². The topological polar surface area (TPSA) is 46.3 Å². The van der Waals surface area contributed by atoms with E-state index in [1.165, 1.54) is 0 Å². The number of nitrogens with zero attached hydrogens (tertiary/aromatic N) is 1. The average Bonchev–Trinajstić information content (AvgIpc) is 2.34. The first-order valence-electron chi connectivity index (χ1n) is 6.16. The molecule has 0 atom stereocenters. The van der Waals surface area contributed by atoms with Crippen LogP contribution in [0.4, 0.5) is 0 Å². The summed E-state index contributed by atoms with van der Waals surface area (Å²) < 4.78 is 0. The van der Waals surface area contributed by atoms with E-state index in [1.54, 1.807) is 6.08 Å².